The summed E-state index contributed by atoms with van der Waals surface area (Å²) < 4.78 is 13.5. The van der Waals surface area contributed by atoms with Crippen LogP contribution in [-0.4, -0.2) is 26.5 Å². The lowest BCUT2D eigenvalue weighted by Gasteiger charge is -2.21. The van der Waals surface area contributed by atoms with Crippen LogP contribution in [0.1, 0.15) is 5.56 Å². The van der Waals surface area contributed by atoms with E-state index < -0.39 is 0 Å². The Labute approximate surface area is 218 Å². The number of aromatic nitrogens is 4. The third-order valence-electron chi connectivity index (χ3n) is 5.84. The van der Waals surface area contributed by atoms with E-state index >= 15 is 0 Å². The topological polar surface area (TPSA) is 54.8 Å². The van der Waals surface area contributed by atoms with Crippen LogP contribution in [0.25, 0.3) is 33.5 Å². The summed E-state index contributed by atoms with van der Waals surface area (Å²) in [5.74, 6) is 1.05. The smallest absolute Gasteiger partial charge is 0.182 e. The highest BCUT2D eigenvalue weighted by Crippen LogP contribution is 2.39. The van der Waals surface area contributed by atoms with E-state index in [4.69, 9.17) is 21.6 Å². The summed E-state index contributed by atoms with van der Waals surface area (Å²) in [6.07, 6.45) is 5.79. The number of hydrogen-bond donors (Lipinski definition) is 0. The predicted molar refractivity (Wildman–Crippen MR) is 143 cm³/mol. The van der Waals surface area contributed by atoms with Gasteiger partial charge in [-0.15, -0.1) is 24.8 Å². The molecule has 1 aliphatic rings. The molecule has 0 radical (unpaired) electrons. The van der Waals surface area contributed by atoms with Gasteiger partial charge in [0.1, 0.15) is 17.3 Å². The molecule has 0 unspecified atom stereocenters. The highest BCUT2D eigenvalue weighted by Gasteiger charge is 2.25. The average Bonchev–Trinajstić information content (AvgIpc) is 3.27. The Hall–Kier alpha value is -3.32. The second-order valence-electron chi connectivity index (χ2n) is 7.87. The fraction of sp³-hybridized carbons (Fsp3) is 0.0769. The minimum Gasteiger partial charge on any atom is -0.325 e. The van der Waals surface area contributed by atoms with Crippen molar-refractivity contribution in [2.75, 3.05) is 11.4 Å². The van der Waals surface area contributed by atoms with E-state index in [-0.39, 0.29) is 30.6 Å². The molecule has 0 spiro atoms. The summed E-state index contributed by atoms with van der Waals surface area (Å²) >= 11 is 6.23. The summed E-state index contributed by atoms with van der Waals surface area (Å²) in [5.41, 5.74) is 5.57. The number of anilines is 2. The van der Waals surface area contributed by atoms with Gasteiger partial charge in [-0.2, -0.15) is 0 Å². The van der Waals surface area contributed by atoms with Crippen molar-refractivity contribution in [2.24, 2.45) is 0 Å². The molecule has 0 amide bonds. The highest BCUT2D eigenvalue weighted by atomic mass is 35.5. The summed E-state index contributed by atoms with van der Waals surface area (Å²) in [5, 5.41) is 1.63. The van der Waals surface area contributed by atoms with Gasteiger partial charge in [0.25, 0.3) is 0 Å². The van der Waals surface area contributed by atoms with E-state index in [2.05, 4.69) is 20.9 Å². The van der Waals surface area contributed by atoms with Crippen LogP contribution >= 0.6 is 36.4 Å². The van der Waals surface area contributed by atoms with E-state index in [0.717, 1.165) is 51.5 Å². The lowest BCUT2D eigenvalue weighted by molar-refractivity contribution is 0.628. The normalized spacial score (nSPS) is 12.1. The molecular weight excluding hydrogens is 508 g/mol. The second kappa shape index (κ2) is 10.1. The maximum absolute atomic E-state index is 13.5. The van der Waals surface area contributed by atoms with Crippen LogP contribution < -0.4 is 4.90 Å². The molecule has 0 bridgehead atoms. The minimum absolute atomic E-state index is 0. The van der Waals surface area contributed by atoms with E-state index in [1.54, 1.807) is 30.7 Å². The first-order valence-electron chi connectivity index (χ1n) is 10.6. The van der Waals surface area contributed by atoms with Gasteiger partial charge < -0.3 is 4.90 Å². The molecule has 0 aliphatic carbocycles. The Balaban J connectivity index is 0.00000144. The molecule has 176 valence electrons. The van der Waals surface area contributed by atoms with E-state index in [9.17, 15) is 4.39 Å². The van der Waals surface area contributed by atoms with Gasteiger partial charge in [-0.3, -0.25) is 4.98 Å². The van der Waals surface area contributed by atoms with Crippen molar-refractivity contribution in [1.29, 1.82) is 0 Å². The standard InChI is InChI=1S/C26H17ClFN5.2ClH/c27-19-4-8-24-18(13-19)9-12-33(24)26-21-14-17(16-1-5-20(28)6-2-16)3-7-22(21)31-25(32-26)23-15-29-10-11-30-23;;/h1-8,10-11,13-15H,9,12H2;2*1H. The molecular formula is C26H19Cl3FN5. The minimum atomic E-state index is -0.260. The van der Waals surface area contributed by atoms with Crippen molar-refractivity contribution in [3.8, 4) is 22.6 Å². The number of halogens is 4. The molecule has 3 aromatic carbocycles. The molecule has 5 aromatic rings. The molecule has 1 aliphatic heterocycles. The van der Waals surface area contributed by atoms with Crippen LogP contribution in [0, 0.1) is 5.82 Å². The van der Waals surface area contributed by atoms with Gasteiger partial charge in [0.15, 0.2) is 5.82 Å². The largest absolute Gasteiger partial charge is 0.325 e. The molecule has 6 rings (SSSR count). The molecule has 0 saturated carbocycles. The van der Waals surface area contributed by atoms with Gasteiger partial charge >= 0.3 is 0 Å². The maximum Gasteiger partial charge on any atom is 0.182 e. The van der Waals surface area contributed by atoms with Crippen LogP contribution in [0.4, 0.5) is 15.9 Å². The van der Waals surface area contributed by atoms with Crippen molar-refractivity contribution in [1.82, 2.24) is 19.9 Å². The third kappa shape index (κ3) is 4.65. The Bertz CT molecular complexity index is 1500. The Morgan fingerprint density at radius 1 is 0.857 bits per heavy atom. The SMILES string of the molecule is Cl.Cl.Fc1ccc(-c2ccc3nc(-c4cnccn4)nc(N4CCc5cc(Cl)ccc54)c3c2)cc1. The van der Waals surface area contributed by atoms with Crippen molar-refractivity contribution in [2.45, 2.75) is 6.42 Å². The zero-order valence-corrected chi connectivity index (χ0v) is 20.6. The molecule has 3 heterocycles. The zero-order valence-electron chi connectivity index (χ0n) is 18.2. The lowest BCUT2D eigenvalue weighted by Crippen LogP contribution is -2.16. The van der Waals surface area contributed by atoms with Gasteiger partial charge in [0.05, 0.1) is 11.7 Å². The molecule has 0 fully saturated rings. The fourth-order valence-electron chi connectivity index (χ4n) is 4.26. The van der Waals surface area contributed by atoms with E-state index in [1.807, 2.05) is 30.3 Å². The maximum atomic E-state index is 13.5. The van der Waals surface area contributed by atoms with Crippen molar-refractivity contribution in [3.63, 3.8) is 0 Å². The molecule has 0 N–H and O–H groups in total. The molecule has 9 heteroatoms. The summed E-state index contributed by atoms with van der Waals surface area (Å²) in [4.78, 5) is 20.5. The summed E-state index contributed by atoms with van der Waals surface area (Å²) in [6, 6.07) is 18.4. The highest BCUT2D eigenvalue weighted by molar-refractivity contribution is 6.30. The summed E-state index contributed by atoms with van der Waals surface area (Å²) in [6.45, 7) is 0.780. The van der Waals surface area contributed by atoms with Gasteiger partial charge in [0.2, 0.25) is 0 Å². The predicted octanol–water partition coefficient (Wildman–Crippen LogP) is 7.08. The van der Waals surface area contributed by atoms with Crippen molar-refractivity contribution in [3.05, 3.63) is 95.7 Å². The molecule has 2 aromatic heterocycles. The van der Waals surface area contributed by atoms with Crippen molar-refractivity contribution >= 4 is 58.8 Å². The Morgan fingerprint density at radius 3 is 2.43 bits per heavy atom. The first-order valence-corrected chi connectivity index (χ1v) is 10.9. The molecule has 35 heavy (non-hydrogen) atoms. The first kappa shape index (κ1) is 24.8. The molecule has 0 atom stereocenters. The van der Waals surface area contributed by atoms with Gasteiger partial charge in [-0.25, -0.2) is 19.3 Å². The number of rotatable bonds is 3. The summed E-state index contributed by atoms with van der Waals surface area (Å²) in [7, 11) is 0. The van der Waals surface area contributed by atoms with Crippen LogP contribution in [0.5, 0.6) is 0 Å². The number of fused-ring (bicyclic) bond motifs is 2. The van der Waals surface area contributed by atoms with Crippen LogP contribution in [0.2, 0.25) is 5.02 Å². The van der Waals surface area contributed by atoms with Gasteiger partial charge in [-0.1, -0.05) is 29.8 Å². The average molecular weight is 527 g/mol. The second-order valence-corrected chi connectivity index (χ2v) is 8.31. The Kier molecular flexibility index (Phi) is 7.17. The quantitative estimate of drug-likeness (QED) is 0.251. The number of nitrogens with zero attached hydrogens (tertiary/aromatic N) is 5. The van der Waals surface area contributed by atoms with Gasteiger partial charge in [-0.05, 0) is 65.6 Å². The number of hydrogen-bond acceptors (Lipinski definition) is 5. The zero-order chi connectivity index (χ0) is 22.4. The van der Waals surface area contributed by atoms with E-state index in [1.165, 1.54) is 17.7 Å². The lowest BCUT2D eigenvalue weighted by atomic mass is 10.0. The molecule has 0 saturated heterocycles. The third-order valence-corrected chi connectivity index (χ3v) is 6.07. The Morgan fingerprint density at radius 2 is 1.66 bits per heavy atom. The van der Waals surface area contributed by atoms with Crippen LogP contribution in [0.15, 0.2) is 79.3 Å². The van der Waals surface area contributed by atoms with Crippen molar-refractivity contribution < 1.29 is 4.39 Å². The van der Waals surface area contributed by atoms with Crippen LogP contribution in [-0.2, 0) is 6.42 Å². The number of benzene rings is 3. The first-order chi connectivity index (χ1) is 16.2. The van der Waals surface area contributed by atoms with E-state index in [0.29, 0.717) is 11.5 Å². The monoisotopic (exact) mass is 525 g/mol. The van der Waals surface area contributed by atoms with Crippen LogP contribution in [0.3, 0.4) is 0 Å². The molecule has 5 nitrogen and oxygen atoms in total. The van der Waals surface area contributed by atoms with Gasteiger partial charge in [0, 0.05) is 35.0 Å². The fourth-order valence-corrected chi connectivity index (χ4v) is 4.45.